The molecule has 0 bridgehead atoms. The monoisotopic (exact) mass is 209 g/mol. The van der Waals surface area contributed by atoms with E-state index in [4.69, 9.17) is 4.74 Å². The van der Waals surface area contributed by atoms with Crippen molar-refractivity contribution in [3.8, 4) is 0 Å². The molecule has 1 atom stereocenters. The zero-order chi connectivity index (χ0) is 10.1. The Labute approximate surface area is 78.9 Å². The highest BCUT2D eigenvalue weighted by atomic mass is 32.2. The second kappa shape index (κ2) is 3.91. The van der Waals surface area contributed by atoms with Gasteiger partial charge in [-0.2, -0.15) is 12.7 Å². The van der Waals surface area contributed by atoms with Crippen LogP contribution in [0.2, 0.25) is 0 Å². The summed E-state index contributed by atoms with van der Waals surface area (Å²) in [6, 6.07) is -0.188. The van der Waals surface area contributed by atoms with E-state index in [1.54, 1.807) is 0 Å². The molecule has 1 fully saturated rings. The number of ether oxygens (including phenoxy) is 1. The van der Waals surface area contributed by atoms with Gasteiger partial charge in [0.1, 0.15) is 0 Å². The van der Waals surface area contributed by atoms with Crippen molar-refractivity contribution in [2.24, 2.45) is 0 Å². The Morgan fingerprint density at radius 1 is 1.62 bits per heavy atom. The lowest BCUT2D eigenvalue weighted by molar-refractivity contribution is 0.0486. The smallest absolute Gasteiger partial charge is 0.338 e. The molecular formula is C7H15NO4S. The van der Waals surface area contributed by atoms with Crippen molar-refractivity contribution in [3.05, 3.63) is 0 Å². The normalized spacial score (nSPS) is 28.5. The van der Waals surface area contributed by atoms with E-state index in [-0.39, 0.29) is 18.8 Å². The summed E-state index contributed by atoms with van der Waals surface area (Å²) in [5, 5.41) is 0. The lowest BCUT2D eigenvalue weighted by atomic mass is 10.3. The molecule has 0 saturated carbocycles. The topological polar surface area (TPSA) is 55.8 Å². The summed E-state index contributed by atoms with van der Waals surface area (Å²) in [5.41, 5.74) is 0. The van der Waals surface area contributed by atoms with Gasteiger partial charge in [-0.3, -0.25) is 4.18 Å². The Morgan fingerprint density at radius 2 is 2.23 bits per heavy atom. The van der Waals surface area contributed by atoms with Crippen LogP contribution in [0.1, 0.15) is 13.8 Å². The van der Waals surface area contributed by atoms with E-state index < -0.39 is 10.3 Å². The number of hydrogen-bond acceptors (Lipinski definition) is 4. The molecule has 0 amide bonds. The zero-order valence-electron chi connectivity index (χ0n) is 8.06. The first-order valence-electron chi connectivity index (χ1n) is 4.17. The predicted molar refractivity (Wildman–Crippen MR) is 47.5 cm³/mol. The minimum Gasteiger partial charge on any atom is -0.377 e. The molecule has 0 spiro atoms. The van der Waals surface area contributed by atoms with E-state index in [9.17, 15) is 8.42 Å². The second-order valence-corrected chi connectivity index (χ2v) is 4.96. The molecule has 0 aromatic carbocycles. The van der Waals surface area contributed by atoms with Crippen LogP contribution in [0.3, 0.4) is 0 Å². The molecule has 1 aliphatic rings. The third-order valence-electron chi connectivity index (χ3n) is 1.90. The first-order chi connectivity index (χ1) is 5.93. The third-order valence-corrected chi connectivity index (χ3v) is 3.34. The maximum Gasteiger partial charge on any atom is 0.338 e. The minimum absolute atomic E-state index is 0.108. The summed E-state index contributed by atoms with van der Waals surface area (Å²) in [7, 11) is -1.97. The van der Waals surface area contributed by atoms with Crippen LogP contribution in [-0.2, 0) is 19.2 Å². The summed E-state index contributed by atoms with van der Waals surface area (Å²) in [6.45, 7) is 4.38. The van der Waals surface area contributed by atoms with Crippen LogP contribution < -0.4 is 0 Å². The number of likely N-dealkylation sites (N-methyl/N-ethyl adjacent to an activating group) is 1. The Morgan fingerprint density at radius 3 is 2.62 bits per heavy atom. The van der Waals surface area contributed by atoms with Crippen LogP contribution in [0.4, 0.5) is 0 Å². The SMILES string of the molecule is CC(C)OCC1COS(=O)(=O)N1C. The molecule has 0 N–H and O–H groups in total. The molecule has 1 saturated heterocycles. The van der Waals surface area contributed by atoms with Gasteiger partial charge < -0.3 is 4.74 Å². The summed E-state index contributed by atoms with van der Waals surface area (Å²) >= 11 is 0. The number of rotatable bonds is 3. The molecular weight excluding hydrogens is 194 g/mol. The van der Waals surface area contributed by atoms with E-state index in [2.05, 4.69) is 4.18 Å². The van der Waals surface area contributed by atoms with Crippen molar-refractivity contribution in [2.45, 2.75) is 26.0 Å². The molecule has 1 unspecified atom stereocenters. The Balaban J connectivity index is 2.47. The molecule has 13 heavy (non-hydrogen) atoms. The minimum atomic E-state index is -3.47. The van der Waals surface area contributed by atoms with Crippen LogP contribution in [0.25, 0.3) is 0 Å². The Hall–Kier alpha value is -0.170. The number of hydrogen-bond donors (Lipinski definition) is 0. The van der Waals surface area contributed by atoms with Crippen molar-refractivity contribution < 1.29 is 17.3 Å². The molecule has 1 heterocycles. The predicted octanol–water partition coefficient (Wildman–Crippen LogP) is -0.0132. The average Bonchev–Trinajstić information content (AvgIpc) is 2.25. The van der Waals surface area contributed by atoms with Gasteiger partial charge in [-0.05, 0) is 13.8 Å². The summed E-state index contributed by atoms with van der Waals surface area (Å²) in [4.78, 5) is 0. The van der Waals surface area contributed by atoms with Gasteiger partial charge in [-0.1, -0.05) is 0 Å². The van der Waals surface area contributed by atoms with Crippen LogP contribution >= 0.6 is 0 Å². The van der Waals surface area contributed by atoms with Crippen LogP contribution in [0.15, 0.2) is 0 Å². The average molecular weight is 209 g/mol. The lowest BCUT2D eigenvalue weighted by Crippen LogP contribution is -2.34. The van der Waals surface area contributed by atoms with Crippen molar-refractivity contribution in [2.75, 3.05) is 20.3 Å². The molecule has 1 aliphatic heterocycles. The largest absolute Gasteiger partial charge is 0.377 e. The quantitative estimate of drug-likeness (QED) is 0.656. The molecule has 0 aliphatic carbocycles. The van der Waals surface area contributed by atoms with Crippen molar-refractivity contribution in [1.29, 1.82) is 0 Å². The van der Waals surface area contributed by atoms with Crippen LogP contribution in [0, 0.1) is 0 Å². The molecule has 78 valence electrons. The highest BCUT2D eigenvalue weighted by Crippen LogP contribution is 2.16. The van der Waals surface area contributed by atoms with Gasteiger partial charge in [0.2, 0.25) is 0 Å². The van der Waals surface area contributed by atoms with Crippen molar-refractivity contribution >= 4 is 10.3 Å². The molecule has 6 heteroatoms. The van der Waals surface area contributed by atoms with Gasteiger partial charge in [0.15, 0.2) is 0 Å². The van der Waals surface area contributed by atoms with Gasteiger partial charge >= 0.3 is 10.3 Å². The molecule has 5 nitrogen and oxygen atoms in total. The van der Waals surface area contributed by atoms with Gasteiger partial charge in [0.05, 0.1) is 25.4 Å². The number of nitrogens with zero attached hydrogens (tertiary/aromatic N) is 1. The maximum atomic E-state index is 11.1. The molecule has 0 radical (unpaired) electrons. The molecule has 0 aromatic heterocycles. The standard InChI is InChI=1S/C7H15NO4S/c1-6(2)11-4-7-5-12-13(9,10)8(7)3/h6-7H,4-5H2,1-3H3. The fourth-order valence-corrected chi connectivity index (χ4v) is 1.97. The Kier molecular flexibility index (Phi) is 3.28. The van der Waals surface area contributed by atoms with Crippen molar-refractivity contribution in [1.82, 2.24) is 4.31 Å². The van der Waals surface area contributed by atoms with E-state index in [0.717, 1.165) is 0 Å². The summed E-state index contributed by atoms with van der Waals surface area (Å²) in [5.74, 6) is 0. The van der Waals surface area contributed by atoms with Gasteiger partial charge in [0, 0.05) is 7.05 Å². The third kappa shape index (κ3) is 2.63. The summed E-state index contributed by atoms with van der Waals surface area (Å²) < 4.78 is 33.3. The molecule has 0 aromatic rings. The lowest BCUT2D eigenvalue weighted by Gasteiger charge is -2.16. The first kappa shape index (κ1) is 10.9. The fraction of sp³-hybridized carbons (Fsp3) is 1.00. The van der Waals surface area contributed by atoms with Gasteiger partial charge in [0.25, 0.3) is 0 Å². The van der Waals surface area contributed by atoms with Crippen LogP contribution in [0.5, 0.6) is 0 Å². The maximum absolute atomic E-state index is 11.1. The van der Waals surface area contributed by atoms with E-state index >= 15 is 0 Å². The highest BCUT2D eigenvalue weighted by molar-refractivity contribution is 7.84. The van der Waals surface area contributed by atoms with E-state index in [1.165, 1.54) is 11.4 Å². The highest BCUT2D eigenvalue weighted by Gasteiger charge is 2.35. The zero-order valence-corrected chi connectivity index (χ0v) is 8.87. The summed E-state index contributed by atoms with van der Waals surface area (Å²) in [6.07, 6.45) is 0.108. The van der Waals surface area contributed by atoms with Crippen molar-refractivity contribution in [3.63, 3.8) is 0 Å². The fourth-order valence-electron chi connectivity index (χ4n) is 0.992. The second-order valence-electron chi connectivity index (χ2n) is 3.29. The van der Waals surface area contributed by atoms with E-state index in [1.807, 2.05) is 13.8 Å². The van der Waals surface area contributed by atoms with E-state index in [0.29, 0.717) is 6.61 Å². The van der Waals surface area contributed by atoms with Gasteiger partial charge in [-0.25, -0.2) is 0 Å². The molecule has 1 rings (SSSR count). The first-order valence-corrected chi connectivity index (χ1v) is 5.54. The Bertz CT molecular complexity index is 262. The van der Waals surface area contributed by atoms with Crippen LogP contribution in [-0.4, -0.2) is 45.1 Å². The van der Waals surface area contributed by atoms with Gasteiger partial charge in [-0.15, -0.1) is 0 Å².